The van der Waals surface area contributed by atoms with Gasteiger partial charge in [-0.1, -0.05) is 6.07 Å². The largest absolute Gasteiger partial charge is 0.347 e. The summed E-state index contributed by atoms with van der Waals surface area (Å²) in [4.78, 5) is 19.2. The Morgan fingerprint density at radius 3 is 2.89 bits per heavy atom. The van der Waals surface area contributed by atoms with Gasteiger partial charge in [-0.15, -0.1) is 0 Å². The first-order valence-electron chi connectivity index (χ1n) is 5.64. The summed E-state index contributed by atoms with van der Waals surface area (Å²) in [6.45, 7) is 3.87. The summed E-state index contributed by atoms with van der Waals surface area (Å²) in [5.41, 5.74) is 1.73. The van der Waals surface area contributed by atoms with Crippen LogP contribution in [-0.4, -0.2) is 15.9 Å². The predicted molar refractivity (Wildman–Crippen MR) is 73.3 cm³/mol. The molecule has 0 bridgehead atoms. The lowest BCUT2D eigenvalue weighted by Gasteiger charge is -2.12. The number of nitrogens with one attached hydrogen (secondary N) is 2. The lowest BCUT2D eigenvalue weighted by atomic mass is 10.1. The number of aryl methyl sites for hydroxylation is 1. The molecule has 5 heteroatoms. The van der Waals surface area contributed by atoms with Crippen LogP contribution in [0.25, 0.3) is 0 Å². The van der Waals surface area contributed by atoms with E-state index in [-0.39, 0.29) is 11.9 Å². The first-order chi connectivity index (χ1) is 8.58. The number of nitrogens with zero attached hydrogens (tertiary/aromatic N) is 1. The summed E-state index contributed by atoms with van der Waals surface area (Å²) in [6.07, 6.45) is 3.40. The third-order valence-corrected chi connectivity index (χ3v) is 3.30. The fraction of sp³-hybridized carbons (Fsp3) is 0.231. The van der Waals surface area contributed by atoms with Crippen molar-refractivity contribution in [2.75, 3.05) is 0 Å². The minimum absolute atomic E-state index is 0.120. The smallest absolute Gasteiger partial charge is 0.253 e. The van der Waals surface area contributed by atoms with E-state index in [4.69, 9.17) is 0 Å². The quantitative estimate of drug-likeness (QED) is 0.916. The van der Waals surface area contributed by atoms with Gasteiger partial charge in [0.05, 0.1) is 11.6 Å². The molecule has 1 unspecified atom stereocenters. The van der Waals surface area contributed by atoms with Crippen LogP contribution >= 0.6 is 15.9 Å². The van der Waals surface area contributed by atoms with E-state index in [0.717, 1.165) is 15.9 Å². The third-order valence-electron chi connectivity index (χ3n) is 2.65. The zero-order chi connectivity index (χ0) is 13.1. The van der Waals surface area contributed by atoms with E-state index >= 15 is 0 Å². The Hall–Kier alpha value is -1.62. The number of benzene rings is 1. The highest BCUT2D eigenvalue weighted by Gasteiger charge is 2.15. The van der Waals surface area contributed by atoms with Crippen LogP contribution in [0.2, 0.25) is 0 Å². The Balaban J connectivity index is 2.12. The molecule has 4 nitrogen and oxygen atoms in total. The van der Waals surface area contributed by atoms with E-state index in [9.17, 15) is 4.79 Å². The SMILES string of the molecule is Cc1ccc(C(=O)NC(C)c2ncc[nH]2)c(Br)c1. The van der Waals surface area contributed by atoms with E-state index < -0.39 is 0 Å². The molecular weight excluding hydrogens is 294 g/mol. The molecule has 0 saturated heterocycles. The standard InChI is InChI=1S/C13H14BrN3O/c1-8-3-4-10(11(14)7-8)13(18)17-9(2)12-15-5-6-16-12/h3-7,9H,1-2H3,(H,15,16)(H,17,18). The van der Waals surface area contributed by atoms with Crippen molar-refractivity contribution in [3.05, 3.63) is 52.0 Å². The van der Waals surface area contributed by atoms with Crippen molar-refractivity contribution >= 4 is 21.8 Å². The summed E-state index contributed by atoms with van der Waals surface area (Å²) < 4.78 is 0.798. The number of imidazole rings is 1. The average Bonchev–Trinajstić information content (AvgIpc) is 2.81. The number of amides is 1. The fourth-order valence-electron chi connectivity index (χ4n) is 1.66. The van der Waals surface area contributed by atoms with E-state index in [2.05, 4.69) is 31.2 Å². The number of hydrogen-bond donors (Lipinski definition) is 2. The summed E-state index contributed by atoms with van der Waals surface area (Å²) in [6, 6.07) is 5.49. The molecule has 2 rings (SSSR count). The number of carbonyl (C=O) groups is 1. The maximum atomic E-state index is 12.1. The number of aromatic nitrogens is 2. The average molecular weight is 308 g/mol. The number of aromatic amines is 1. The number of halogens is 1. The van der Waals surface area contributed by atoms with Crippen molar-refractivity contribution in [1.29, 1.82) is 0 Å². The Morgan fingerprint density at radius 2 is 2.28 bits per heavy atom. The summed E-state index contributed by atoms with van der Waals surface area (Å²) in [5.74, 6) is 0.623. The molecule has 94 valence electrons. The molecular formula is C13H14BrN3O. The van der Waals surface area contributed by atoms with Crippen LogP contribution in [-0.2, 0) is 0 Å². The number of H-pyrrole nitrogens is 1. The second-order valence-electron chi connectivity index (χ2n) is 4.15. The molecule has 2 aromatic rings. The number of carbonyl (C=O) groups excluding carboxylic acids is 1. The second kappa shape index (κ2) is 5.35. The predicted octanol–water partition coefficient (Wildman–Crippen LogP) is 2.97. The molecule has 0 aliphatic carbocycles. The third kappa shape index (κ3) is 2.79. The molecule has 0 aliphatic rings. The van der Waals surface area contributed by atoms with Gasteiger partial charge >= 0.3 is 0 Å². The van der Waals surface area contributed by atoms with Crippen LogP contribution in [0.3, 0.4) is 0 Å². The highest BCUT2D eigenvalue weighted by Crippen LogP contribution is 2.19. The van der Waals surface area contributed by atoms with Crippen molar-refractivity contribution in [3.63, 3.8) is 0 Å². The summed E-state index contributed by atoms with van der Waals surface area (Å²) in [5, 5.41) is 2.90. The number of hydrogen-bond acceptors (Lipinski definition) is 2. The van der Waals surface area contributed by atoms with Crippen molar-refractivity contribution < 1.29 is 4.79 Å². The van der Waals surface area contributed by atoms with Gasteiger partial charge < -0.3 is 10.3 Å². The van der Waals surface area contributed by atoms with E-state index in [1.807, 2.05) is 32.0 Å². The van der Waals surface area contributed by atoms with Crippen molar-refractivity contribution in [1.82, 2.24) is 15.3 Å². The molecule has 1 atom stereocenters. The zero-order valence-electron chi connectivity index (χ0n) is 10.2. The Labute approximate surface area is 114 Å². The summed E-state index contributed by atoms with van der Waals surface area (Å²) >= 11 is 3.40. The van der Waals surface area contributed by atoms with E-state index in [1.54, 1.807) is 12.4 Å². The van der Waals surface area contributed by atoms with Crippen LogP contribution < -0.4 is 5.32 Å². The Bertz CT molecular complexity index is 551. The molecule has 1 amide bonds. The van der Waals surface area contributed by atoms with Gasteiger partial charge in [-0.05, 0) is 47.5 Å². The topological polar surface area (TPSA) is 57.8 Å². The van der Waals surface area contributed by atoms with Crippen LogP contribution in [0.15, 0.2) is 35.1 Å². The van der Waals surface area contributed by atoms with Gasteiger partial charge in [0, 0.05) is 16.9 Å². The molecule has 0 spiro atoms. The van der Waals surface area contributed by atoms with Gasteiger partial charge in [0.15, 0.2) is 0 Å². The van der Waals surface area contributed by atoms with Gasteiger partial charge in [0.2, 0.25) is 0 Å². The van der Waals surface area contributed by atoms with Gasteiger partial charge in [-0.25, -0.2) is 4.98 Å². The second-order valence-corrected chi connectivity index (χ2v) is 5.01. The van der Waals surface area contributed by atoms with E-state index in [1.165, 1.54) is 0 Å². The first-order valence-corrected chi connectivity index (χ1v) is 6.43. The Morgan fingerprint density at radius 1 is 1.50 bits per heavy atom. The van der Waals surface area contributed by atoms with Crippen LogP contribution in [0.4, 0.5) is 0 Å². The summed E-state index contributed by atoms with van der Waals surface area (Å²) in [7, 11) is 0. The van der Waals surface area contributed by atoms with Gasteiger partial charge in [-0.3, -0.25) is 4.79 Å². The first kappa shape index (κ1) is 12.8. The van der Waals surface area contributed by atoms with Gasteiger partial charge in [0.1, 0.15) is 5.82 Å². The monoisotopic (exact) mass is 307 g/mol. The molecule has 1 heterocycles. The van der Waals surface area contributed by atoms with Crippen LogP contribution in [0.1, 0.15) is 34.7 Å². The van der Waals surface area contributed by atoms with Gasteiger partial charge in [-0.2, -0.15) is 0 Å². The molecule has 0 radical (unpaired) electrons. The van der Waals surface area contributed by atoms with Crippen molar-refractivity contribution in [2.24, 2.45) is 0 Å². The maximum Gasteiger partial charge on any atom is 0.253 e. The molecule has 1 aromatic carbocycles. The Kier molecular flexibility index (Phi) is 3.81. The number of rotatable bonds is 3. The molecule has 2 N–H and O–H groups in total. The highest BCUT2D eigenvalue weighted by molar-refractivity contribution is 9.10. The normalized spacial score (nSPS) is 12.2. The van der Waals surface area contributed by atoms with Gasteiger partial charge in [0.25, 0.3) is 5.91 Å². The minimum Gasteiger partial charge on any atom is -0.347 e. The van der Waals surface area contributed by atoms with E-state index in [0.29, 0.717) is 5.56 Å². The van der Waals surface area contributed by atoms with Crippen LogP contribution in [0.5, 0.6) is 0 Å². The maximum absolute atomic E-state index is 12.1. The molecule has 1 aromatic heterocycles. The molecule has 0 fully saturated rings. The lowest BCUT2D eigenvalue weighted by molar-refractivity contribution is 0.0937. The van der Waals surface area contributed by atoms with Crippen molar-refractivity contribution in [2.45, 2.75) is 19.9 Å². The molecule has 0 saturated carbocycles. The lowest BCUT2D eigenvalue weighted by Crippen LogP contribution is -2.27. The van der Waals surface area contributed by atoms with Crippen molar-refractivity contribution in [3.8, 4) is 0 Å². The molecule has 18 heavy (non-hydrogen) atoms. The highest BCUT2D eigenvalue weighted by atomic mass is 79.9. The zero-order valence-corrected chi connectivity index (χ0v) is 11.8. The molecule has 0 aliphatic heterocycles. The fourth-order valence-corrected chi connectivity index (χ4v) is 2.33. The minimum atomic E-state index is -0.152. The van der Waals surface area contributed by atoms with Crippen LogP contribution in [0, 0.1) is 6.92 Å².